The number of benzene rings is 2. The minimum absolute atomic E-state index is 0.165. The molecule has 3 rings (SSSR count). The van der Waals surface area contributed by atoms with E-state index in [-0.39, 0.29) is 6.10 Å². The van der Waals surface area contributed by atoms with Crippen LogP contribution in [0.5, 0.6) is 5.75 Å². The molecule has 2 aromatic carbocycles. The summed E-state index contributed by atoms with van der Waals surface area (Å²) < 4.78 is 5.66. The first-order valence-electron chi connectivity index (χ1n) is 8.75. The Morgan fingerprint density at radius 3 is 2.38 bits per heavy atom. The molecule has 1 aromatic heterocycles. The fourth-order valence-electron chi connectivity index (χ4n) is 2.44. The lowest BCUT2D eigenvalue weighted by Crippen LogP contribution is -2.06. The minimum atomic E-state index is 0.165. The smallest absolute Gasteiger partial charge is 0.224 e. The van der Waals surface area contributed by atoms with E-state index in [0.717, 1.165) is 17.3 Å². The molecule has 3 aromatic rings. The van der Waals surface area contributed by atoms with Crippen LogP contribution in [0.3, 0.4) is 0 Å². The van der Waals surface area contributed by atoms with Crippen LogP contribution in [-0.4, -0.2) is 16.1 Å². The highest BCUT2D eigenvalue weighted by Crippen LogP contribution is 2.20. The van der Waals surface area contributed by atoms with Gasteiger partial charge in [0, 0.05) is 18.4 Å². The number of rotatable bonds is 7. The van der Waals surface area contributed by atoms with Crippen LogP contribution in [0.2, 0.25) is 0 Å². The molecule has 0 spiro atoms. The van der Waals surface area contributed by atoms with Crippen molar-refractivity contribution in [3.63, 3.8) is 0 Å². The molecule has 0 saturated carbocycles. The standard InChI is InChI=1S/C21H24N4O/c1-15(2)26-19-10-8-18(9-11-19)24-20-12-13-22-21(25-20)23-14-17-6-4-16(3)5-7-17/h4-13,15H,14H2,1-3H3,(H2,22,23,24,25). The van der Waals surface area contributed by atoms with Gasteiger partial charge in [0.05, 0.1) is 6.10 Å². The summed E-state index contributed by atoms with van der Waals surface area (Å²) in [7, 11) is 0. The topological polar surface area (TPSA) is 59.1 Å². The average Bonchev–Trinajstić information content (AvgIpc) is 2.63. The SMILES string of the molecule is Cc1ccc(CNc2nccc(Nc3ccc(OC(C)C)cc3)n2)cc1. The van der Waals surface area contributed by atoms with Gasteiger partial charge in [-0.05, 0) is 56.7 Å². The van der Waals surface area contributed by atoms with Gasteiger partial charge in [-0.15, -0.1) is 0 Å². The van der Waals surface area contributed by atoms with Crippen molar-refractivity contribution in [3.8, 4) is 5.75 Å². The highest BCUT2D eigenvalue weighted by molar-refractivity contribution is 5.57. The molecule has 5 heteroatoms. The Balaban J connectivity index is 1.60. The van der Waals surface area contributed by atoms with Crippen molar-refractivity contribution in [3.05, 3.63) is 71.9 Å². The van der Waals surface area contributed by atoms with Gasteiger partial charge >= 0.3 is 0 Å². The highest BCUT2D eigenvalue weighted by Gasteiger charge is 2.02. The summed E-state index contributed by atoms with van der Waals surface area (Å²) >= 11 is 0. The number of aromatic nitrogens is 2. The maximum atomic E-state index is 5.66. The second-order valence-electron chi connectivity index (χ2n) is 6.42. The predicted octanol–water partition coefficient (Wildman–Crippen LogP) is 4.93. The zero-order valence-electron chi connectivity index (χ0n) is 15.4. The molecule has 0 atom stereocenters. The fraction of sp³-hybridized carbons (Fsp3) is 0.238. The van der Waals surface area contributed by atoms with Crippen LogP contribution in [0.15, 0.2) is 60.8 Å². The van der Waals surface area contributed by atoms with Gasteiger partial charge in [-0.2, -0.15) is 4.98 Å². The van der Waals surface area contributed by atoms with Crippen molar-refractivity contribution in [1.82, 2.24) is 9.97 Å². The van der Waals surface area contributed by atoms with Crippen molar-refractivity contribution in [2.45, 2.75) is 33.4 Å². The summed E-state index contributed by atoms with van der Waals surface area (Å²) in [6, 6.07) is 18.1. The Hall–Kier alpha value is -3.08. The molecule has 134 valence electrons. The molecule has 0 fully saturated rings. The fourth-order valence-corrected chi connectivity index (χ4v) is 2.44. The molecule has 1 heterocycles. The zero-order chi connectivity index (χ0) is 18.4. The maximum absolute atomic E-state index is 5.66. The Bertz CT molecular complexity index is 829. The van der Waals surface area contributed by atoms with Crippen LogP contribution in [0.25, 0.3) is 0 Å². The molecule has 0 aliphatic heterocycles. The van der Waals surface area contributed by atoms with E-state index in [1.807, 2.05) is 44.2 Å². The minimum Gasteiger partial charge on any atom is -0.491 e. The average molecular weight is 348 g/mol. The molecule has 0 amide bonds. The van der Waals surface area contributed by atoms with E-state index in [4.69, 9.17) is 4.74 Å². The largest absolute Gasteiger partial charge is 0.491 e. The predicted molar refractivity (Wildman–Crippen MR) is 106 cm³/mol. The Morgan fingerprint density at radius 1 is 0.962 bits per heavy atom. The molecule has 0 unspecified atom stereocenters. The van der Waals surface area contributed by atoms with E-state index in [1.165, 1.54) is 11.1 Å². The van der Waals surface area contributed by atoms with Gasteiger partial charge in [-0.25, -0.2) is 4.98 Å². The number of aryl methyl sites for hydroxylation is 1. The molecule has 0 radical (unpaired) electrons. The van der Waals surface area contributed by atoms with Gasteiger partial charge in [0.25, 0.3) is 0 Å². The van der Waals surface area contributed by atoms with E-state index in [2.05, 4.69) is 51.8 Å². The number of nitrogens with one attached hydrogen (secondary N) is 2. The van der Waals surface area contributed by atoms with Crippen molar-refractivity contribution in [1.29, 1.82) is 0 Å². The van der Waals surface area contributed by atoms with E-state index in [9.17, 15) is 0 Å². The number of hydrogen-bond donors (Lipinski definition) is 2. The number of anilines is 3. The van der Waals surface area contributed by atoms with Crippen LogP contribution in [0.1, 0.15) is 25.0 Å². The lowest BCUT2D eigenvalue weighted by Gasteiger charge is -2.11. The first kappa shape index (κ1) is 17.7. The van der Waals surface area contributed by atoms with Gasteiger partial charge in [0.2, 0.25) is 5.95 Å². The van der Waals surface area contributed by atoms with E-state index >= 15 is 0 Å². The molecule has 0 saturated heterocycles. The van der Waals surface area contributed by atoms with E-state index in [0.29, 0.717) is 12.5 Å². The molecule has 0 aliphatic rings. The van der Waals surface area contributed by atoms with Crippen molar-refractivity contribution < 1.29 is 4.74 Å². The van der Waals surface area contributed by atoms with Crippen molar-refractivity contribution >= 4 is 17.5 Å². The lowest BCUT2D eigenvalue weighted by molar-refractivity contribution is 0.242. The molecule has 2 N–H and O–H groups in total. The Labute approximate surface area is 154 Å². The maximum Gasteiger partial charge on any atom is 0.224 e. The van der Waals surface area contributed by atoms with Gasteiger partial charge in [-0.1, -0.05) is 29.8 Å². The van der Waals surface area contributed by atoms with Crippen molar-refractivity contribution in [2.24, 2.45) is 0 Å². The first-order chi connectivity index (χ1) is 12.6. The first-order valence-corrected chi connectivity index (χ1v) is 8.75. The van der Waals surface area contributed by atoms with E-state index in [1.54, 1.807) is 6.20 Å². The number of hydrogen-bond acceptors (Lipinski definition) is 5. The zero-order valence-corrected chi connectivity index (χ0v) is 15.4. The monoisotopic (exact) mass is 348 g/mol. The van der Waals surface area contributed by atoms with Crippen molar-refractivity contribution in [2.75, 3.05) is 10.6 Å². The Kier molecular flexibility index (Phi) is 5.69. The number of ether oxygens (including phenoxy) is 1. The van der Waals surface area contributed by atoms with Crippen LogP contribution < -0.4 is 15.4 Å². The summed E-state index contributed by atoms with van der Waals surface area (Å²) in [6.45, 7) is 6.79. The van der Waals surface area contributed by atoms with Crippen LogP contribution in [0.4, 0.5) is 17.5 Å². The molecular formula is C21H24N4O. The highest BCUT2D eigenvalue weighted by atomic mass is 16.5. The second-order valence-corrected chi connectivity index (χ2v) is 6.42. The third-order valence-electron chi connectivity index (χ3n) is 3.73. The third-order valence-corrected chi connectivity index (χ3v) is 3.73. The molecule has 26 heavy (non-hydrogen) atoms. The summed E-state index contributed by atoms with van der Waals surface area (Å²) in [6.07, 6.45) is 1.90. The van der Waals surface area contributed by atoms with Gasteiger partial charge in [0.1, 0.15) is 11.6 Å². The summed E-state index contributed by atoms with van der Waals surface area (Å²) in [5, 5.41) is 6.54. The third kappa shape index (κ3) is 5.21. The normalized spacial score (nSPS) is 10.6. The summed E-state index contributed by atoms with van der Waals surface area (Å²) in [5.74, 6) is 2.19. The molecule has 0 bridgehead atoms. The molecule has 5 nitrogen and oxygen atoms in total. The van der Waals surface area contributed by atoms with Gasteiger partial charge < -0.3 is 15.4 Å². The van der Waals surface area contributed by atoms with Gasteiger partial charge in [0.15, 0.2) is 0 Å². The van der Waals surface area contributed by atoms with Crippen LogP contribution >= 0.6 is 0 Å². The summed E-state index contributed by atoms with van der Waals surface area (Å²) in [4.78, 5) is 8.79. The van der Waals surface area contributed by atoms with Crippen LogP contribution in [0, 0.1) is 6.92 Å². The Morgan fingerprint density at radius 2 is 1.69 bits per heavy atom. The lowest BCUT2D eigenvalue weighted by atomic mass is 10.1. The quantitative estimate of drug-likeness (QED) is 0.634. The van der Waals surface area contributed by atoms with E-state index < -0.39 is 0 Å². The van der Waals surface area contributed by atoms with Crippen LogP contribution in [-0.2, 0) is 6.54 Å². The molecular weight excluding hydrogens is 324 g/mol. The number of nitrogens with zero attached hydrogens (tertiary/aromatic N) is 2. The van der Waals surface area contributed by atoms with Gasteiger partial charge in [-0.3, -0.25) is 0 Å². The molecule has 0 aliphatic carbocycles. The summed E-state index contributed by atoms with van der Waals surface area (Å²) in [5.41, 5.74) is 3.39. The second kappa shape index (κ2) is 8.34.